The fraction of sp³-hybridized carbons (Fsp3) is 0.250. The summed E-state index contributed by atoms with van der Waals surface area (Å²) in [5, 5.41) is 11.2. The summed E-state index contributed by atoms with van der Waals surface area (Å²) in [5.74, 6) is 0. The molecule has 1 aromatic rings. The number of aromatic amines is 1. The van der Waals surface area contributed by atoms with E-state index in [1.165, 1.54) is 6.20 Å². The van der Waals surface area contributed by atoms with Crippen molar-refractivity contribution in [2.24, 2.45) is 5.14 Å². The highest BCUT2D eigenvalue weighted by Gasteiger charge is 2.13. The molecule has 6 heteroatoms. The van der Waals surface area contributed by atoms with Gasteiger partial charge in [-0.3, -0.25) is 14.2 Å². The zero-order valence-electron chi connectivity index (χ0n) is 5.40. The highest BCUT2D eigenvalue weighted by atomic mass is 32.3. The number of nitrogens with one attached hydrogen (secondary N) is 1. The Bertz CT molecular complexity index is 229. The van der Waals surface area contributed by atoms with Crippen LogP contribution in [0.3, 0.4) is 0 Å². The highest BCUT2D eigenvalue weighted by molar-refractivity contribution is 8.22. The van der Waals surface area contributed by atoms with Gasteiger partial charge in [-0.1, -0.05) is 10.8 Å². The molecule has 10 heavy (non-hydrogen) atoms. The summed E-state index contributed by atoms with van der Waals surface area (Å²) >= 11 is 0. The Morgan fingerprint density at radius 3 is 2.50 bits per heavy atom. The summed E-state index contributed by atoms with van der Waals surface area (Å²) < 4.78 is 17.8. The second-order valence-electron chi connectivity index (χ2n) is 1.98. The molecule has 0 saturated carbocycles. The lowest BCUT2D eigenvalue weighted by Gasteiger charge is -2.24. The van der Waals surface area contributed by atoms with Crippen LogP contribution in [-0.4, -0.2) is 19.3 Å². The predicted molar refractivity (Wildman–Crippen MR) is 38.6 cm³/mol. The molecule has 0 spiro atoms. The van der Waals surface area contributed by atoms with Gasteiger partial charge in [0.2, 0.25) is 0 Å². The third kappa shape index (κ3) is 1.29. The van der Waals surface area contributed by atoms with Crippen molar-refractivity contribution < 1.29 is 9.11 Å². The summed E-state index contributed by atoms with van der Waals surface area (Å²) in [7, 11) is -3.11. The Morgan fingerprint density at radius 1 is 1.70 bits per heavy atom. The fourth-order valence-electron chi connectivity index (χ4n) is 0.639. The van der Waals surface area contributed by atoms with Gasteiger partial charge < -0.3 is 0 Å². The molecule has 0 fully saturated rings. The number of H-pyrrole nitrogens is 1. The SMILES string of the molecule is Cc1cn[nH]c1S(N)(O)O. The zero-order chi connectivity index (χ0) is 7.78. The normalized spacial score (nSPS) is 13.6. The fourth-order valence-corrected chi connectivity index (χ4v) is 1.35. The molecule has 0 unspecified atom stereocenters. The van der Waals surface area contributed by atoms with E-state index >= 15 is 0 Å². The van der Waals surface area contributed by atoms with Crippen LogP contribution in [-0.2, 0) is 0 Å². The summed E-state index contributed by atoms with van der Waals surface area (Å²) in [4.78, 5) is 0. The van der Waals surface area contributed by atoms with E-state index in [0.29, 0.717) is 5.56 Å². The Hall–Kier alpha value is -0.560. The Morgan fingerprint density at radius 2 is 2.30 bits per heavy atom. The molecule has 5 N–H and O–H groups in total. The molecule has 0 aliphatic heterocycles. The van der Waals surface area contributed by atoms with E-state index < -0.39 is 10.8 Å². The molecular weight excluding hydrogens is 154 g/mol. The number of hydrogen-bond acceptors (Lipinski definition) is 4. The van der Waals surface area contributed by atoms with Crippen molar-refractivity contribution in [1.82, 2.24) is 10.2 Å². The first-order valence-corrected chi connectivity index (χ1v) is 4.19. The Balaban J connectivity index is 3.05. The predicted octanol–water partition coefficient (Wildman–Crippen LogP) is 0.701. The number of aromatic nitrogens is 2. The van der Waals surface area contributed by atoms with Crippen LogP contribution in [0.15, 0.2) is 11.2 Å². The topological polar surface area (TPSA) is 95.2 Å². The molecule has 0 atom stereocenters. The summed E-state index contributed by atoms with van der Waals surface area (Å²) in [6, 6.07) is 0. The van der Waals surface area contributed by atoms with Gasteiger partial charge in [0, 0.05) is 5.56 Å². The minimum atomic E-state index is -3.11. The van der Waals surface area contributed by atoms with E-state index in [1.807, 2.05) is 0 Å². The minimum Gasteiger partial charge on any atom is -0.280 e. The summed E-state index contributed by atoms with van der Waals surface area (Å²) in [6.45, 7) is 1.69. The average Bonchev–Trinajstić information content (AvgIpc) is 2.11. The first-order valence-electron chi connectivity index (χ1n) is 2.58. The first-order chi connectivity index (χ1) is 4.52. The molecule has 0 aliphatic carbocycles. The van der Waals surface area contributed by atoms with E-state index in [9.17, 15) is 0 Å². The van der Waals surface area contributed by atoms with E-state index in [2.05, 4.69) is 10.2 Å². The Kier molecular flexibility index (Phi) is 1.69. The lowest BCUT2D eigenvalue weighted by atomic mass is 10.4. The Labute approximate surface area is 59.7 Å². The number of nitrogens with two attached hydrogens (primary N) is 1. The molecule has 0 aliphatic rings. The average molecular weight is 163 g/mol. The standard InChI is InChI=1S/C4H9N3O2S/c1-3-2-6-7-4(3)10(5,8)9/h2,8-9H,5H2,1H3,(H,6,7). The maximum atomic E-state index is 8.90. The smallest absolute Gasteiger partial charge is 0.161 e. The minimum absolute atomic E-state index is 0.201. The molecule has 58 valence electrons. The van der Waals surface area contributed by atoms with E-state index in [0.717, 1.165) is 0 Å². The second kappa shape index (κ2) is 2.24. The van der Waals surface area contributed by atoms with Crippen LogP contribution in [0, 0.1) is 6.92 Å². The van der Waals surface area contributed by atoms with E-state index in [-0.39, 0.29) is 5.03 Å². The van der Waals surface area contributed by atoms with Crippen LogP contribution in [0.5, 0.6) is 0 Å². The van der Waals surface area contributed by atoms with Crippen LogP contribution in [0.4, 0.5) is 0 Å². The molecule has 1 rings (SSSR count). The highest BCUT2D eigenvalue weighted by Crippen LogP contribution is 2.39. The molecule has 0 aromatic carbocycles. The van der Waals surface area contributed by atoms with E-state index in [4.69, 9.17) is 14.2 Å². The van der Waals surface area contributed by atoms with Crippen molar-refractivity contribution in [3.05, 3.63) is 11.8 Å². The van der Waals surface area contributed by atoms with Crippen LogP contribution >= 0.6 is 10.8 Å². The zero-order valence-corrected chi connectivity index (χ0v) is 6.22. The largest absolute Gasteiger partial charge is 0.280 e. The van der Waals surface area contributed by atoms with Crippen LogP contribution in [0.25, 0.3) is 0 Å². The maximum Gasteiger partial charge on any atom is 0.161 e. The first kappa shape index (κ1) is 7.55. The van der Waals surface area contributed by atoms with Crippen molar-refractivity contribution in [3.63, 3.8) is 0 Å². The molecule has 0 saturated heterocycles. The number of rotatable bonds is 1. The van der Waals surface area contributed by atoms with Gasteiger partial charge in [-0.2, -0.15) is 5.10 Å². The quantitative estimate of drug-likeness (QED) is 0.490. The van der Waals surface area contributed by atoms with Gasteiger partial charge in [0.05, 0.1) is 6.20 Å². The maximum absolute atomic E-state index is 8.90. The van der Waals surface area contributed by atoms with Gasteiger partial charge >= 0.3 is 0 Å². The lowest BCUT2D eigenvalue weighted by molar-refractivity contribution is 0.483. The van der Waals surface area contributed by atoms with Crippen LogP contribution in [0.2, 0.25) is 0 Å². The molecule has 5 nitrogen and oxygen atoms in total. The molecule has 0 bridgehead atoms. The number of hydrogen-bond donors (Lipinski definition) is 4. The van der Waals surface area contributed by atoms with Crippen molar-refractivity contribution in [3.8, 4) is 0 Å². The third-order valence-electron chi connectivity index (χ3n) is 1.08. The second-order valence-corrected chi connectivity index (χ2v) is 3.57. The van der Waals surface area contributed by atoms with Crippen LogP contribution in [0.1, 0.15) is 5.56 Å². The molecule has 0 amide bonds. The van der Waals surface area contributed by atoms with Gasteiger partial charge in [0.25, 0.3) is 0 Å². The van der Waals surface area contributed by atoms with Gasteiger partial charge in [-0.25, -0.2) is 5.14 Å². The van der Waals surface area contributed by atoms with E-state index in [1.54, 1.807) is 6.92 Å². The van der Waals surface area contributed by atoms with Crippen LogP contribution < -0.4 is 5.14 Å². The van der Waals surface area contributed by atoms with Gasteiger partial charge in [-0.05, 0) is 6.92 Å². The van der Waals surface area contributed by atoms with Gasteiger partial charge in [-0.15, -0.1) is 0 Å². The van der Waals surface area contributed by atoms with Gasteiger partial charge in [0.1, 0.15) is 0 Å². The molecule has 0 radical (unpaired) electrons. The number of nitrogens with zero attached hydrogens (tertiary/aromatic N) is 1. The molecular formula is C4H9N3O2S. The van der Waals surface area contributed by atoms with Crippen molar-refractivity contribution in [1.29, 1.82) is 0 Å². The number of aryl methyl sites for hydroxylation is 1. The molecule has 1 heterocycles. The lowest BCUT2D eigenvalue weighted by Crippen LogP contribution is -2.09. The van der Waals surface area contributed by atoms with Gasteiger partial charge in [0.15, 0.2) is 5.03 Å². The molecule has 1 aromatic heterocycles. The van der Waals surface area contributed by atoms with Crippen molar-refractivity contribution in [2.75, 3.05) is 0 Å². The van der Waals surface area contributed by atoms with Crippen molar-refractivity contribution in [2.45, 2.75) is 11.9 Å². The monoisotopic (exact) mass is 163 g/mol. The van der Waals surface area contributed by atoms with Crippen molar-refractivity contribution >= 4 is 10.8 Å². The third-order valence-corrected chi connectivity index (χ3v) is 2.10. The summed E-state index contributed by atoms with van der Waals surface area (Å²) in [5.41, 5.74) is 0.655. The summed E-state index contributed by atoms with van der Waals surface area (Å²) in [6.07, 6.45) is 1.48.